The maximum atomic E-state index is 11.7. The monoisotopic (exact) mass is 262 g/mol. The van der Waals surface area contributed by atoms with Gasteiger partial charge in [-0.1, -0.05) is 0 Å². The van der Waals surface area contributed by atoms with Crippen molar-refractivity contribution < 1.29 is 13.7 Å². The molecule has 0 aromatic heterocycles. The van der Waals surface area contributed by atoms with E-state index in [2.05, 4.69) is 0 Å². The number of amides is 1. The van der Waals surface area contributed by atoms with Gasteiger partial charge in [-0.2, -0.15) is 0 Å². The molecule has 100 valence electrons. The first-order valence-electron chi connectivity index (χ1n) is 5.71. The number of rotatable bonds is 2. The molecule has 1 aliphatic heterocycles. The first-order chi connectivity index (χ1) is 7.49. The summed E-state index contributed by atoms with van der Waals surface area (Å²) < 4.78 is 24.0. The molecule has 1 fully saturated rings. The number of nitrogens with zero attached hydrogens (tertiary/aromatic N) is 1. The predicted octanol–water partition coefficient (Wildman–Crippen LogP) is 1.92. The highest BCUT2D eigenvalue weighted by Gasteiger charge is 2.41. The molecule has 1 rings (SSSR count). The Kier molecular flexibility index (Phi) is 3.76. The fourth-order valence-electron chi connectivity index (χ4n) is 1.85. The average Bonchev–Trinajstić information content (AvgIpc) is 2.06. The lowest BCUT2D eigenvalue weighted by Gasteiger charge is -2.46. The van der Waals surface area contributed by atoms with Crippen molar-refractivity contribution in [3.63, 3.8) is 0 Å². The van der Waals surface area contributed by atoms with Gasteiger partial charge in [0.15, 0.2) is 0 Å². The molecule has 0 bridgehead atoms. The van der Waals surface area contributed by atoms with Crippen LogP contribution < -0.4 is 0 Å². The van der Waals surface area contributed by atoms with Crippen molar-refractivity contribution in [2.75, 3.05) is 18.6 Å². The molecule has 1 heterocycles. The first-order valence-corrected chi connectivity index (χ1v) is 7.84. The summed E-state index contributed by atoms with van der Waals surface area (Å²) in [6.45, 7) is 7.93. The number of likely N-dealkylation sites (tertiary alicyclic amines) is 1. The second-order valence-corrected chi connectivity index (χ2v) is 8.15. The van der Waals surface area contributed by atoms with Crippen molar-refractivity contribution in [3.8, 4) is 0 Å². The van der Waals surface area contributed by atoms with Crippen molar-refractivity contribution in [1.29, 1.82) is 4.78 Å². The maximum Gasteiger partial charge on any atom is 0.410 e. The van der Waals surface area contributed by atoms with Gasteiger partial charge in [0.1, 0.15) is 5.60 Å². The van der Waals surface area contributed by atoms with Gasteiger partial charge in [-0.15, -0.1) is 0 Å². The second kappa shape index (κ2) is 4.48. The van der Waals surface area contributed by atoms with E-state index in [0.717, 1.165) is 0 Å². The topological polar surface area (TPSA) is 70.5 Å². The highest BCUT2D eigenvalue weighted by atomic mass is 32.2. The Morgan fingerprint density at radius 3 is 2.41 bits per heavy atom. The summed E-state index contributed by atoms with van der Waals surface area (Å²) in [4.78, 5) is 13.4. The van der Waals surface area contributed by atoms with Gasteiger partial charge < -0.3 is 9.64 Å². The van der Waals surface area contributed by atoms with Gasteiger partial charge in [-0.05, 0) is 27.7 Å². The molecule has 17 heavy (non-hydrogen) atoms. The minimum Gasteiger partial charge on any atom is -0.444 e. The fourth-order valence-corrected chi connectivity index (χ4v) is 3.05. The Balaban J connectivity index is 2.50. The van der Waals surface area contributed by atoms with Crippen LogP contribution in [0.25, 0.3) is 0 Å². The van der Waals surface area contributed by atoms with Crippen LogP contribution in [0.4, 0.5) is 4.79 Å². The van der Waals surface area contributed by atoms with Crippen molar-refractivity contribution in [1.82, 2.24) is 4.90 Å². The van der Waals surface area contributed by atoms with Crippen LogP contribution in [0, 0.1) is 10.7 Å². The quantitative estimate of drug-likeness (QED) is 0.826. The molecule has 0 unspecified atom stereocenters. The van der Waals surface area contributed by atoms with Crippen molar-refractivity contribution in [2.45, 2.75) is 39.3 Å². The summed E-state index contributed by atoms with van der Waals surface area (Å²) in [5.74, 6) is 0.505. The number of carbonyl (C=O) groups excluding carboxylic acids is 1. The number of ether oxygens (including phenoxy) is 1. The molecule has 1 saturated heterocycles. The molecule has 0 aromatic carbocycles. The lowest BCUT2D eigenvalue weighted by Crippen LogP contribution is -2.59. The standard InChI is InChI=1S/C11H22N2O3S/c1-8-9(7-17(5,12)15)6-13(8)10(14)16-11(2,3)4/h8-9,12H,6-7H2,1-5H3/t8-,9+,17-/m0/s1. The molecule has 0 aromatic rings. The van der Waals surface area contributed by atoms with E-state index < -0.39 is 15.3 Å². The van der Waals surface area contributed by atoms with Gasteiger partial charge in [-0.3, -0.25) is 8.99 Å². The van der Waals surface area contributed by atoms with E-state index in [0.29, 0.717) is 12.3 Å². The molecular weight excluding hydrogens is 240 g/mol. The second-order valence-electron chi connectivity index (χ2n) is 5.81. The molecule has 0 aliphatic carbocycles. The molecule has 1 amide bonds. The van der Waals surface area contributed by atoms with Crippen molar-refractivity contribution in [2.24, 2.45) is 5.92 Å². The number of hydrogen-bond donors (Lipinski definition) is 1. The Morgan fingerprint density at radius 2 is 2.06 bits per heavy atom. The SMILES string of the molecule is C[C@H]1[C@@H](C[S@@](C)(=N)=O)CN1C(=O)OC(C)(C)C. The summed E-state index contributed by atoms with van der Waals surface area (Å²) in [6.07, 6.45) is 1.12. The zero-order valence-electron chi connectivity index (χ0n) is 11.1. The van der Waals surface area contributed by atoms with Crippen LogP contribution in [-0.4, -0.2) is 45.4 Å². The van der Waals surface area contributed by atoms with Gasteiger partial charge in [0.05, 0.1) is 0 Å². The van der Waals surface area contributed by atoms with Gasteiger partial charge in [0, 0.05) is 40.2 Å². The largest absolute Gasteiger partial charge is 0.444 e. The van der Waals surface area contributed by atoms with E-state index in [1.165, 1.54) is 6.26 Å². The first kappa shape index (κ1) is 14.3. The lowest BCUT2D eigenvalue weighted by atomic mass is 9.92. The smallest absolute Gasteiger partial charge is 0.410 e. The minimum absolute atomic E-state index is 0.0102. The van der Waals surface area contributed by atoms with E-state index in [1.807, 2.05) is 27.7 Å². The summed E-state index contributed by atoms with van der Waals surface area (Å²) in [5, 5.41) is 0. The van der Waals surface area contributed by atoms with Crippen LogP contribution in [0.1, 0.15) is 27.7 Å². The zero-order chi connectivity index (χ0) is 13.4. The summed E-state index contributed by atoms with van der Waals surface area (Å²) in [7, 11) is -2.48. The normalized spacial score (nSPS) is 28.2. The molecule has 3 atom stereocenters. The Labute approximate surface area is 103 Å². The number of carbonyl (C=O) groups is 1. The van der Waals surface area contributed by atoms with Crippen molar-refractivity contribution in [3.05, 3.63) is 0 Å². The zero-order valence-corrected chi connectivity index (χ0v) is 12.0. The van der Waals surface area contributed by atoms with E-state index in [4.69, 9.17) is 9.52 Å². The van der Waals surface area contributed by atoms with Crippen molar-refractivity contribution >= 4 is 15.8 Å². The maximum absolute atomic E-state index is 11.7. The van der Waals surface area contributed by atoms with E-state index in [9.17, 15) is 9.00 Å². The third kappa shape index (κ3) is 4.18. The van der Waals surface area contributed by atoms with Crippen LogP contribution in [0.5, 0.6) is 0 Å². The molecule has 0 radical (unpaired) electrons. The fraction of sp³-hybridized carbons (Fsp3) is 0.909. The van der Waals surface area contributed by atoms with Crippen LogP contribution in [-0.2, 0) is 14.5 Å². The molecular formula is C11H22N2O3S. The van der Waals surface area contributed by atoms with Crippen LogP contribution in [0.2, 0.25) is 0 Å². The average molecular weight is 262 g/mol. The Hall–Kier alpha value is -0.780. The van der Waals surface area contributed by atoms with E-state index in [1.54, 1.807) is 4.90 Å². The molecule has 1 N–H and O–H groups in total. The van der Waals surface area contributed by atoms with Gasteiger partial charge in [-0.25, -0.2) is 4.79 Å². The van der Waals surface area contributed by atoms with Crippen LogP contribution >= 0.6 is 0 Å². The third-order valence-electron chi connectivity index (χ3n) is 2.77. The summed E-state index contributed by atoms with van der Waals surface area (Å²) in [5.41, 5.74) is -0.490. The molecule has 1 aliphatic rings. The number of hydrogen-bond acceptors (Lipinski definition) is 4. The third-order valence-corrected chi connectivity index (χ3v) is 3.83. The highest BCUT2D eigenvalue weighted by molar-refractivity contribution is 7.91. The van der Waals surface area contributed by atoms with E-state index >= 15 is 0 Å². The van der Waals surface area contributed by atoms with Crippen LogP contribution in [0.3, 0.4) is 0 Å². The van der Waals surface area contributed by atoms with Gasteiger partial charge in [0.25, 0.3) is 0 Å². The summed E-state index contributed by atoms with van der Waals surface area (Å²) in [6, 6.07) is 0.0102. The van der Waals surface area contributed by atoms with E-state index in [-0.39, 0.29) is 18.1 Å². The molecule has 0 saturated carbocycles. The Bertz CT molecular complexity index is 397. The Morgan fingerprint density at radius 1 is 1.53 bits per heavy atom. The minimum atomic E-state index is -2.48. The lowest BCUT2D eigenvalue weighted by molar-refractivity contribution is -0.0201. The highest BCUT2D eigenvalue weighted by Crippen LogP contribution is 2.27. The summed E-state index contributed by atoms with van der Waals surface area (Å²) >= 11 is 0. The molecule has 6 heteroatoms. The van der Waals surface area contributed by atoms with Gasteiger partial charge >= 0.3 is 6.09 Å². The molecule has 5 nitrogen and oxygen atoms in total. The predicted molar refractivity (Wildman–Crippen MR) is 67.5 cm³/mol. The number of nitrogens with one attached hydrogen (secondary N) is 1. The van der Waals surface area contributed by atoms with Crippen LogP contribution in [0.15, 0.2) is 0 Å². The van der Waals surface area contributed by atoms with Gasteiger partial charge in [0.2, 0.25) is 0 Å². The molecule has 0 spiro atoms.